The number of esters is 1. The molecule has 2 aromatic carbocycles. The maximum absolute atomic E-state index is 12.6. The number of carbonyl (C=O) groups is 2. The summed E-state index contributed by atoms with van der Waals surface area (Å²) >= 11 is 6.27. The second kappa shape index (κ2) is 12.2. The molecule has 3 rings (SSSR count). The largest absolute Gasteiger partial charge is 0.493 e. The SMILES string of the molecule is CCN(Cc1ccc(OC)c(OC)c1)C(=O)COC(=O)/C=C/c1cc(Cl)c2c(c1)OCCCO2. The van der Waals surface area contributed by atoms with Gasteiger partial charge < -0.3 is 28.6 Å². The Kier molecular flexibility index (Phi) is 9.04. The third kappa shape index (κ3) is 6.57. The molecule has 0 unspecified atom stereocenters. The number of hydrogen-bond acceptors (Lipinski definition) is 7. The van der Waals surface area contributed by atoms with E-state index in [1.54, 1.807) is 43.4 Å². The molecule has 0 atom stereocenters. The fourth-order valence-corrected chi connectivity index (χ4v) is 3.63. The van der Waals surface area contributed by atoms with Gasteiger partial charge in [0.05, 0.1) is 32.5 Å². The number of methoxy groups -OCH3 is 2. The molecule has 0 saturated heterocycles. The molecule has 0 bridgehead atoms. The van der Waals surface area contributed by atoms with Gasteiger partial charge in [-0.2, -0.15) is 0 Å². The fraction of sp³-hybridized carbons (Fsp3) is 0.360. The average molecular weight is 490 g/mol. The molecule has 0 radical (unpaired) electrons. The predicted molar refractivity (Wildman–Crippen MR) is 128 cm³/mol. The van der Waals surface area contributed by atoms with Gasteiger partial charge in [0.2, 0.25) is 0 Å². The lowest BCUT2D eigenvalue weighted by Gasteiger charge is -2.21. The van der Waals surface area contributed by atoms with Crippen molar-refractivity contribution in [3.05, 3.63) is 52.6 Å². The number of carbonyl (C=O) groups excluding carboxylic acids is 2. The van der Waals surface area contributed by atoms with Crippen molar-refractivity contribution in [2.45, 2.75) is 19.9 Å². The van der Waals surface area contributed by atoms with Crippen molar-refractivity contribution < 1.29 is 33.3 Å². The Labute approximate surface area is 203 Å². The van der Waals surface area contributed by atoms with Crippen LogP contribution in [-0.4, -0.2) is 57.4 Å². The highest BCUT2D eigenvalue weighted by atomic mass is 35.5. The van der Waals surface area contributed by atoms with Crippen molar-refractivity contribution in [3.63, 3.8) is 0 Å². The number of nitrogens with zero attached hydrogens (tertiary/aromatic N) is 1. The lowest BCUT2D eigenvalue weighted by molar-refractivity contribution is -0.148. The number of hydrogen-bond donors (Lipinski definition) is 0. The van der Waals surface area contributed by atoms with Crippen molar-refractivity contribution in [2.24, 2.45) is 0 Å². The molecular formula is C25H28ClNO7. The summed E-state index contributed by atoms with van der Waals surface area (Å²) in [7, 11) is 3.11. The molecule has 1 amide bonds. The Morgan fingerprint density at radius 2 is 1.85 bits per heavy atom. The zero-order valence-corrected chi connectivity index (χ0v) is 20.2. The van der Waals surface area contributed by atoms with Crippen LogP contribution in [0, 0.1) is 0 Å². The number of rotatable bonds is 9. The first-order valence-electron chi connectivity index (χ1n) is 10.9. The molecule has 0 spiro atoms. The Hall–Kier alpha value is -3.39. The third-order valence-electron chi connectivity index (χ3n) is 5.13. The van der Waals surface area contributed by atoms with E-state index < -0.39 is 5.97 Å². The van der Waals surface area contributed by atoms with Crippen LogP contribution >= 0.6 is 11.6 Å². The molecule has 9 heteroatoms. The van der Waals surface area contributed by atoms with Crippen LogP contribution in [0.1, 0.15) is 24.5 Å². The van der Waals surface area contributed by atoms with E-state index in [4.69, 9.17) is 35.3 Å². The van der Waals surface area contributed by atoms with E-state index in [0.29, 0.717) is 59.9 Å². The van der Waals surface area contributed by atoms with E-state index in [0.717, 1.165) is 12.0 Å². The summed E-state index contributed by atoms with van der Waals surface area (Å²) in [5, 5.41) is 0.399. The Morgan fingerprint density at radius 1 is 1.09 bits per heavy atom. The van der Waals surface area contributed by atoms with Gasteiger partial charge in [-0.25, -0.2) is 4.79 Å². The van der Waals surface area contributed by atoms with Crippen LogP contribution in [0.3, 0.4) is 0 Å². The summed E-state index contributed by atoms with van der Waals surface area (Å²) in [6.45, 7) is 3.34. The number of ether oxygens (including phenoxy) is 5. The molecule has 0 aromatic heterocycles. The van der Waals surface area contributed by atoms with Crippen LogP contribution in [0.2, 0.25) is 5.02 Å². The van der Waals surface area contributed by atoms with E-state index in [2.05, 4.69) is 0 Å². The van der Waals surface area contributed by atoms with Crippen molar-refractivity contribution in [1.82, 2.24) is 4.90 Å². The fourth-order valence-electron chi connectivity index (χ4n) is 3.36. The summed E-state index contributed by atoms with van der Waals surface area (Å²) in [5.74, 6) is 1.27. The quantitative estimate of drug-likeness (QED) is 0.387. The van der Waals surface area contributed by atoms with Gasteiger partial charge in [0.15, 0.2) is 29.6 Å². The van der Waals surface area contributed by atoms with Gasteiger partial charge >= 0.3 is 5.97 Å². The average Bonchev–Trinajstić information content (AvgIpc) is 3.10. The molecule has 8 nitrogen and oxygen atoms in total. The van der Waals surface area contributed by atoms with Gasteiger partial charge in [-0.05, 0) is 48.4 Å². The predicted octanol–water partition coefficient (Wildman–Crippen LogP) is 4.12. The molecule has 0 fully saturated rings. The van der Waals surface area contributed by atoms with Crippen LogP contribution in [0.15, 0.2) is 36.4 Å². The summed E-state index contributed by atoms with van der Waals surface area (Å²) in [4.78, 5) is 26.4. The summed E-state index contributed by atoms with van der Waals surface area (Å²) in [6.07, 6.45) is 3.55. The smallest absolute Gasteiger partial charge is 0.331 e. The molecule has 1 aliphatic heterocycles. The second-order valence-electron chi connectivity index (χ2n) is 7.42. The summed E-state index contributed by atoms with van der Waals surface area (Å²) in [5.41, 5.74) is 1.52. The molecule has 0 saturated carbocycles. The van der Waals surface area contributed by atoms with Crippen molar-refractivity contribution in [2.75, 3.05) is 40.6 Å². The minimum atomic E-state index is -0.640. The standard InChI is InChI=1S/C25H28ClNO7/c1-4-27(15-18-6-8-20(30-2)21(14-18)31-3)23(28)16-34-24(29)9-7-17-12-19(26)25-22(13-17)32-10-5-11-33-25/h6-9,12-14H,4-5,10-11,15-16H2,1-3H3/b9-7+. The highest BCUT2D eigenvalue weighted by molar-refractivity contribution is 6.32. The van der Waals surface area contributed by atoms with Crippen molar-refractivity contribution in [3.8, 4) is 23.0 Å². The monoisotopic (exact) mass is 489 g/mol. The van der Waals surface area contributed by atoms with E-state index in [1.165, 1.54) is 6.08 Å². The maximum atomic E-state index is 12.6. The lowest BCUT2D eigenvalue weighted by Crippen LogP contribution is -2.34. The molecule has 34 heavy (non-hydrogen) atoms. The Balaban J connectivity index is 1.56. The zero-order valence-electron chi connectivity index (χ0n) is 19.5. The van der Waals surface area contributed by atoms with E-state index in [1.807, 2.05) is 19.1 Å². The van der Waals surface area contributed by atoms with Gasteiger partial charge in [0, 0.05) is 25.6 Å². The second-order valence-corrected chi connectivity index (χ2v) is 7.83. The first-order valence-corrected chi connectivity index (χ1v) is 11.3. The molecule has 0 aliphatic carbocycles. The highest BCUT2D eigenvalue weighted by Crippen LogP contribution is 2.38. The van der Waals surface area contributed by atoms with Gasteiger partial charge in [0.25, 0.3) is 5.91 Å². The first kappa shape index (κ1) is 25.2. The van der Waals surface area contributed by atoms with Crippen LogP contribution in [0.5, 0.6) is 23.0 Å². The van der Waals surface area contributed by atoms with E-state index >= 15 is 0 Å². The van der Waals surface area contributed by atoms with Crippen molar-refractivity contribution >= 4 is 29.6 Å². The van der Waals surface area contributed by atoms with Crippen LogP contribution in [0.25, 0.3) is 6.08 Å². The minimum Gasteiger partial charge on any atom is -0.493 e. The van der Waals surface area contributed by atoms with Gasteiger partial charge in [-0.3, -0.25) is 4.79 Å². The summed E-state index contributed by atoms with van der Waals surface area (Å²) in [6, 6.07) is 8.86. The number of fused-ring (bicyclic) bond motifs is 1. The highest BCUT2D eigenvalue weighted by Gasteiger charge is 2.17. The van der Waals surface area contributed by atoms with Crippen LogP contribution in [0.4, 0.5) is 0 Å². The van der Waals surface area contributed by atoms with Gasteiger partial charge in [0.1, 0.15) is 0 Å². The maximum Gasteiger partial charge on any atom is 0.331 e. The zero-order chi connectivity index (χ0) is 24.5. The molecule has 1 heterocycles. The first-order chi connectivity index (χ1) is 16.4. The summed E-state index contributed by atoms with van der Waals surface area (Å²) < 4.78 is 26.9. The number of amides is 1. The van der Waals surface area contributed by atoms with Gasteiger partial charge in [-0.15, -0.1) is 0 Å². The normalized spacial score (nSPS) is 12.7. The topological polar surface area (TPSA) is 83.5 Å². The van der Waals surface area contributed by atoms with Gasteiger partial charge in [-0.1, -0.05) is 17.7 Å². The number of benzene rings is 2. The minimum absolute atomic E-state index is 0.308. The molecular weight excluding hydrogens is 462 g/mol. The molecule has 2 aromatic rings. The van der Waals surface area contributed by atoms with E-state index in [-0.39, 0.29) is 12.5 Å². The van der Waals surface area contributed by atoms with Crippen molar-refractivity contribution in [1.29, 1.82) is 0 Å². The molecule has 182 valence electrons. The number of halogens is 1. The Morgan fingerprint density at radius 3 is 2.59 bits per heavy atom. The van der Waals surface area contributed by atoms with E-state index in [9.17, 15) is 9.59 Å². The number of likely N-dealkylation sites (N-methyl/N-ethyl adjacent to an activating group) is 1. The van der Waals surface area contributed by atoms with Crippen LogP contribution in [-0.2, 0) is 20.9 Å². The Bertz CT molecular complexity index is 1050. The third-order valence-corrected chi connectivity index (χ3v) is 5.41. The molecule has 0 N–H and O–H groups in total. The lowest BCUT2D eigenvalue weighted by atomic mass is 10.2. The molecule has 1 aliphatic rings. The van der Waals surface area contributed by atoms with Crippen LogP contribution < -0.4 is 18.9 Å².